The molecule has 0 fully saturated rings. The van der Waals surface area contributed by atoms with Gasteiger partial charge >= 0.3 is 11.9 Å². The second-order valence-electron chi connectivity index (χ2n) is 4.69. The summed E-state index contributed by atoms with van der Waals surface area (Å²) in [5.74, 6) is -2.83. The number of hydrogen-bond donors (Lipinski definition) is 2. The monoisotopic (exact) mass is 330 g/mol. The third-order valence-corrected chi connectivity index (χ3v) is 4.22. The van der Waals surface area contributed by atoms with Crippen LogP contribution in [0.4, 0.5) is 0 Å². The van der Waals surface area contributed by atoms with Crippen LogP contribution in [-0.2, 0) is 14.3 Å². The molecule has 0 saturated carbocycles. The molecule has 0 heterocycles. The fraction of sp³-hybridized carbons (Fsp3) is 0.429. The van der Waals surface area contributed by atoms with Crippen LogP contribution in [-0.4, -0.2) is 37.2 Å². The van der Waals surface area contributed by atoms with E-state index in [9.17, 15) is 18.0 Å². The van der Waals surface area contributed by atoms with Gasteiger partial charge in [-0.3, -0.25) is 4.18 Å². The molecule has 1 rings (SSSR count). The van der Waals surface area contributed by atoms with Gasteiger partial charge in [0, 0.05) is 0 Å². The molecule has 0 aliphatic carbocycles. The van der Waals surface area contributed by atoms with Crippen LogP contribution >= 0.6 is 0 Å². The van der Waals surface area contributed by atoms with Crippen molar-refractivity contribution in [1.82, 2.24) is 0 Å². The average molecular weight is 330 g/mol. The Morgan fingerprint density at radius 2 is 1.55 bits per heavy atom. The SMILES string of the molecule is CCCCCCOS(=O)(=O)c1cc(C(=O)O)cc(C(=O)O)c1. The standard InChI is InChI=1S/C14H18O7S/c1-2-3-4-5-6-21-22(19,20)12-8-10(13(15)16)7-11(9-12)14(17)18/h7-9H,2-6H2,1H3,(H,15,16)(H,17,18). The van der Waals surface area contributed by atoms with E-state index in [-0.39, 0.29) is 6.61 Å². The average Bonchev–Trinajstić information content (AvgIpc) is 2.46. The van der Waals surface area contributed by atoms with Gasteiger partial charge in [-0.15, -0.1) is 0 Å². The number of rotatable bonds is 9. The molecule has 0 aliphatic heterocycles. The lowest BCUT2D eigenvalue weighted by molar-refractivity contribution is 0.0696. The van der Waals surface area contributed by atoms with Crippen LogP contribution in [0.3, 0.4) is 0 Å². The summed E-state index contributed by atoms with van der Waals surface area (Å²) in [4.78, 5) is 21.4. The van der Waals surface area contributed by atoms with Crippen molar-refractivity contribution < 1.29 is 32.4 Å². The van der Waals surface area contributed by atoms with Crippen LogP contribution in [0.2, 0.25) is 0 Å². The first-order valence-electron chi connectivity index (χ1n) is 6.79. The predicted molar refractivity (Wildman–Crippen MR) is 77.6 cm³/mol. The molecule has 22 heavy (non-hydrogen) atoms. The van der Waals surface area contributed by atoms with E-state index in [1.165, 1.54) is 0 Å². The van der Waals surface area contributed by atoms with E-state index in [1.807, 2.05) is 6.92 Å². The third kappa shape index (κ3) is 5.12. The first-order valence-corrected chi connectivity index (χ1v) is 8.20. The minimum absolute atomic E-state index is 0.0258. The molecule has 8 heteroatoms. The van der Waals surface area contributed by atoms with Crippen LogP contribution in [0.1, 0.15) is 53.3 Å². The van der Waals surface area contributed by atoms with Gasteiger partial charge in [-0.05, 0) is 24.6 Å². The first kappa shape index (κ1) is 18.1. The molecule has 0 bridgehead atoms. The molecule has 0 atom stereocenters. The second kappa shape index (κ2) is 7.90. The van der Waals surface area contributed by atoms with Gasteiger partial charge < -0.3 is 10.2 Å². The van der Waals surface area contributed by atoms with Crippen molar-refractivity contribution in [2.24, 2.45) is 0 Å². The molecule has 0 unspecified atom stereocenters. The summed E-state index contributed by atoms with van der Waals surface area (Å²) >= 11 is 0. The van der Waals surface area contributed by atoms with Crippen LogP contribution < -0.4 is 0 Å². The van der Waals surface area contributed by atoms with E-state index in [0.29, 0.717) is 6.42 Å². The van der Waals surface area contributed by atoms with E-state index in [2.05, 4.69) is 0 Å². The Bertz CT molecular complexity index is 617. The van der Waals surface area contributed by atoms with Crippen LogP contribution in [0, 0.1) is 0 Å². The molecule has 0 saturated heterocycles. The predicted octanol–water partition coefficient (Wildman–Crippen LogP) is 2.37. The Balaban J connectivity index is 2.98. The highest BCUT2D eigenvalue weighted by Gasteiger charge is 2.20. The molecular formula is C14H18O7S. The molecule has 122 valence electrons. The van der Waals surface area contributed by atoms with Crippen molar-refractivity contribution >= 4 is 22.1 Å². The van der Waals surface area contributed by atoms with Crippen molar-refractivity contribution in [2.75, 3.05) is 6.61 Å². The zero-order chi connectivity index (χ0) is 16.8. The van der Waals surface area contributed by atoms with E-state index in [0.717, 1.165) is 37.5 Å². The maximum absolute atomic E-state index is 12.0. The van der Waals surface area contributed by atoms with E-state index in [4.69, 9.17) is 14.4 Å². The number of carboxylic acid groups (broad SMARTS) is 2. The molecule has 1 aromatic rings. The summed E-state index contributed by atoms with van der Waals surface area (Å²) in [6.07, 6.45) is 3.33. The fourth-order valence-electron chi connectivity index (χ4n) is 1.76. The van der Waals surface area contributed by atoms with Gasteiger partial charge in [-0.1, -0.05) is 26.2 Å². The largest absolute Gasteiger partial charge is 0.478 e. The maximum atomic E-state index is 12.0. The van der Waals surface area contributed by atoms with Gasteiger partial charge in [0.2, 0.25) is 0 Å². The van der Waals surface area contributed by atoms with Crippen molar-refractivity contribution in [3.05, 3.63) is 29.3 Å². The molecule has 1 aromatic carbocycles. The summed E-state index contributed by atoms with van der Waals surface area (Å²) in [5, 5.41) is 17.9. The molecule has 0 radical (unpaired) electrons. The molecule has 0 aliphatic rings. The van der Waals surface area contributed by atoms with Crippen molar-refractivity contribution in [2.45, 2.75) is 37.5 Å². The van der Waals surface area contributed by atoms with Gasteiger partial charge in [0.05, 0.1) is 22.6 Å². The van der Waals surface area contributed by atoms with Crippen LogP contribution in [0.25, 0.3) is 0 Å². The highest BCUT2D eigenvalue weighted by Crippen LogP contribution is 2.18. The summed E-state index contributed by atoms with van der Waals surface area (Å²) in [7, 11) is -4.19. The summed E-state index contributed by atoms with van der Waals surface area (Å²) in [5.41, 5.74) is -0.846. The van der Waals surface area contributed by atoms with Crippen LogP contribution in [0.15, 0.2) is 23.1 Å². The van der Waals surface area contributed by atoms with Gasteiger partial charge in [-0.25, -0.2) is 9.59 Å². The smallest absolute Gasteiger partial charge is 0.335 e. The number of aromatic carboxylic acids is 2. The van der Waals surface area contributed by atoms with Gasteiger partial charge in [-0.2, -0.15) is 8.42 Å². The molecule has 0 amide bonds. The number of benzene rings is 1. The topological polar surface area (TPSA) is 118 Å². The number of carboxylic acids is 2. The molecule has 7 nitrogen and oxygen atoms in total. The Hall–Kier alpha value is -1.93. The molecule has 2 N–H and O–H groups in total. The molecule has 0 spiro atoms. The summed E-state index contributed by atoms with van der Waals surface area (Å²) < 4.78 is 28.8. The molecular weight excluding hydrogens is 312 g/mol. The minimum Gasteiger partial charge on any atom is -0.478 e. The Labute approximate surface area is 128 Å². The lowest BCUT2D eigenvalue weighted by Gasteiger charge is -2.07. The zero-order valence-electron chi connectivity index (χ0n) is 12.1. The summed E-state index contributed by atoms with van der Waals surface area (Å²) in [6.45, 7) is 1.99. The second-order valence-corrected chi connectivity index (χ2v) is 6.31. The van der Waals surface area contributed by atoms with Gasteiger partial charge in [0.15, 0.2) is 0 Å². The first-order chi connectivity index (χ1) is 10.3. The van der Waals surface area contributed by atoms with E-state index >= 15 is 0 Å². The zero-order valence-corrected chi connectivity index (χ0v) is 12.9. The Morgan fingerprint density at radius 1 is 1.00 bits per heavy atom. The summed E-state index contributed by atoms with van der Waals surface area (Å²) in [6, 6.07) is 2.66. The number of unbranched alkanes of at least 4 members (excludes halogenated alkanes) is 3. The van der Waals surface area contributed by atoms with Crippen molar-refractivity contribution in [3.63, 3.8) is 0 Å². The molecule has 0 aromatic heterocycles. The maximum Gasteiger partial charge on any atom is 0.335 e. The van der Waals surface area contributed by atoms with Gasteiger partial charge in [0.1, 0.15) is 0 Å². The Kier molecular flexibility index (Phi) is 6.51. The highest BCUT2D eigenvalue weighted by molar-refractivity contribution is 7.86. The lowest BCUT2D eigenvalue weighted by Crippen LogP contribution is -2.11. The highest BCUT2D eigenvalue weighted by atomic mass is 32.2. The lowest BCUT2D eigenvalue weighted by atomic mass is 10.1. The van der Waals surface area contributed by atoms with Gasteiger partial charge in [0.25, 0.3) is 10.1 Å². The number of hydrogen-bond acceptors (Lipinski definition) is 5. The minimum atomic E-state index is -4.19. The van der Waals surface area contributed by atoms with E-state index in [1.54, 1.807) is 0 Å². The van der Waals surface area contributed by atoms with E-state index < -0.39 is 38.1 Å². The van der Waals surface area contributed by atoms with Crippen molar-refractivity contribution in [3.8, 4) is 0 Å². The number of carbonyl (C=O) groups is 2. The van der Waals surface area contributed by atoms with Crippen LogP contribution in [0.5, 0.6) is 0 Å². The Morgan fingerprint density at radius 3 is 2.00 bits per heavy atom. The quantitative estimate of drug-likeness (QED) is 0.527. The fourth-order valence-corrected chi connectivity index (χ4v) is 2.77. The normalized spacial score (nSPS) is 11.3. The third-order valence-electron chi connectivity index (χ3n) is 2.93. The van der Waals surface area contributed by atoms with Crippen molar-refractivity contribution in [1.29, 1.82) is 0 Å².